The van der Waals surface area contributed by atoms with Crippen LogP contribution < -0.4 is 11.1 Å². The third-order valence-corrected chi connectivity index (χ3v) is 4.22. The molecule has 0 amide bonds. The first kappa shape index (κ1) is 14.8. The molecule has 0 aliphatic carbocycles. The Bertz CT molecular complexity index is 504. The van der Waals surface area contributed by atoms with Gasteiger partial charge in [-0.15, -0.1) is 0 Å². The van der Waals surface area contributed by atoms with Gasteiger partial charge in [-0.25, -0.2) is 17.2 Å². The first-order valence-electron chi connectivity index (χ1n) is 5.46. The van der Waals surface area contributed by atoms with Crippen molar-refractivity contribution in [3.8, 4) is 0 Å². The molecule has 0 spiro atoms. The summed E-state index contributed by atoms with van der Waals surface area (Å²) in [6.45, 7) is 0.0169. The molecule has 0 aliphatic rings. The van der Waals surface area contributed by atoms with E-state index in [-0.39, 0.29) is 16.3 Å². The van der Waals surface area contributed by atoms with Gasteiger partial charge in [0.05, 0.1) is 29.4 Å². The second kappa shape index (κ2) is 5.62. The summed E-state index contributed by atoms with van der Waals surface area (Å²) in [5.41, 5.74) is 5.09. The molecule has 1 rings (SSSR count). The van der Waals surface area contributed by atoms with E-state index in [1.54, 1.807) is 12.1 Å². The molecule has 0 heterocycles. The molecule has 0 unspecified atom stereocenters. The Kier molecular flexibility index (Phi) is 4.64. The summed E-state index contributed by atoms with van der Waals surface area (Å²) in [6.07, 6.45) is 0. The SMILES string of the molecule is CCS(=O)(=O)c1ccccc1NCC(F)(F)CN. The van der Waals surface area contributed by atoms with E-state index in [1.165, 1.54) is 19.1 Å². The van der Waals surface area contributed by atoms with Crippen molar-refractivity contribution in [1.29, 1.82) is 0 Å². The van der Waals surface area contributed by atoms with Gasteiger partial charge in [-0.05, 0) is 12.1 Å². The maximum Gasteiger partial charge on any atom is 0.276 e. The minimum atomic E-state index is -3.44. The standard InChI is InChI=1S/C11H16F2N2O2S/c1-2-18(16,17)10-6-4-3-5-9(10)15-8-11(12,13)7-14/h3-6,15H,2,7-8,14H2,1H3. The van der Waals surface area contributed by atoms with Crippen LogP contribution in [-0.4, -0.2) is 33.2 Å². The van der Waals surface area contributed by atoms with Crippen molar-refractivity contribution < 1.29 is 17.2 Å². The maximum atomic E-state index is 13.0. The minimum absolute atomic E-state index is 0.0281. The van der Waals surface area contributed by atoms with Gasteiger partial charge in [0.25, 0.3) is 5.92 Å². The number of alkyl halides is 2. The first-order valence-corrected chi connectivity index (χ1v) is 7.11. The number of nitrogens with one attached hydrogen (secondary N) is 1. The fourth-order valence-electron chi connectivity index (χ4n) is 1.34. The molecule has 0 bridgehead atoms. The van der Waals surface area contributed by atoms with E-state index in [2.05, 4.69) is 5.32 Å². The Morgan fingerprint density at radius 2 is 1.94 bits per heavy atom. The van der Waals surface area contributed by atoms with Crippen molar-refractivity contribution in [3.05, 3.63) is 24.3 Å². The van der Waals surface area contributed by atoms with Crippen LogP contribution in [0.15, 0.2) is 29.2 Å². The van der Waals surface area contributed by atoms with Crippen molar-refractivity contribution in [3.63, 3.8) is 0 Å². The van der Waals surface area contributed by atoms with Crippen LogP contribution in [0.3, 0.4) is 0 Å². The summed E-state index contributed by atoms with van der Waals surface area (Å²) in [4.78, 5) is 0.0281. The van der Waals surface area contributed by atoms with Crippen LogP contribution >= 0.6 is 0 Å². The van der Waals surface area contributed by atoms with Gasteiger partial charge in [0.2, 0.25) is 0 Å². The summed E-state index contributed by atoms with van der Waals surface area (Å²) in [6, 6.07) is 5.98. The van der Waals surface area contributed by atoms with Crippen LogP contribution in [0.4, 0.5) is 14.5 Å². The lowest BCUT2D eigenvalue weighted by Crippen LogP contribution is -2.35. The number of anilines is 1. The average Bonchev–Trinajstić information content (AvgIpc) is 2.37. The number of para-hydroxylation sites is 1. The van der Waals surface area contributed by atoms with Gasteiger partial charge in [-0.3, -0.25) is 0 Å². The van der Waals surface area contributed by atoms with Crippen molar-refractivity contribution in [2.75, 3.05) is 24.2 Å². The smallest absolute Gasteiger partial charge is 0.276 e. The Morgan fingerprint density at radius 3 is 2.50 bits per heavy atom. The van der Waals surface area contributed by atoms with E-state index >= 15 is 0 Å². The number of halogens is 2. The molecule has 1 aromatic carbocycles. The molecule has 0 saturated carbocycles. The number of hydrogen-bond acceptors (Lipinski definition) is 4. The van der Waals surface area contributed by atoms with Gasteiger partial charge < -0.3 is 11.1 Å². The highest BCUT2D eigenvalue weighted by atomic mass is 32.2. The van der Waals surface area contributed by atoms with E-state index < -0.39 is 28.8 Å². The number of hydrogen-bond donors (Lipinski definition) is 2. The van der Waals surface area contributed by atoms with Gasteiger partial charge in [-0.1, -0.05) is 19.1 Å². The van der Waals surface area contributed by atoms with Gasteiger partial charge in [0.1, 0.15) is 0 Å². The Balaban J connectivity index is 2.98. The third-order valence-electron chi connectivity index (χ3n) is 2.44. The van der Waals surface area contributed by atoms with Crippen molar-refractivity contribution in [1.82, 2.24) is 0 Å². The fraction of sp³-hybridized carbons (Fsp3) is 0.455. The van der Waals surface area contributed by atoms with E-state index in [4.69, 9.17) is 5.73 Å². The molecule has 0 saturated heterocycles. The summed E-state index contributed by atoms with van der Waals surface area (Å²) in [5.74, 6) is -3.15. The molecule has 3 N–H and O–H groups in total. The van der Waals surface area contributed by atoms with Gasteiger partial charge in [0.15, 0.2) is 9.84 Å². The van der Waals surface area contributed by atoms with Crippen molar-refractivity contribution in [2.24, 2.45) is 5.73 Å². The number of sulfone groups is 1. The summed E-state index contributed by atoms with van der Waals surface area (Å²) in [5, 5.41) is 2.44. The molecule has 4 nitrogen and oxygen atoms in total. The van der Waals surface area contributed by atoms with Crippen LogP contribution in [0, 0.1) is 0 Å². The highest BCUT2D eigenvalue weighted by Crippen LogP contribution is 2.23. The van der Waals surface area contributed by atoms with Crippen molar-refractivity contribution in [2.45, 2.75) is 17.7 Å². The molecule has 1 aromatic rings. The Labute approximate surface area is 105 Å². The second-order valence-corrected chi connectivity index (χ2v) is 6.06. The molecular formula is C11H16F2N2O2S. The molecular weight excluding hydrogens is 262 g/mol. The zero-order valence-electron chi connectivity index (χ0n) is 9.99. The summed E-state index contributed by atoms with van der Waals surface area (Å²) >= 11 is 0. The molecule has 18 heavy (non-hydrogen) atoms. The lowest BCUT2D eigenvalue weighted by molar-refractivity contribution is 0.0253. The highest BCUT2D eigenvalue weighted by Gasteiger charge is 2.27. The zero-order chi connectivity index (χ0) is 13.8. The molecule has 102 valence electrons. The largest absolute Gasteiger partial charge is 0.378 e. The highest BCUT2D eigenvalue weighted by molar-refractivity contribution is 7.91. The quantitative estimate of drug-likeness (QED) is 0.827. The van der Waals surface area contributed by atoms with Gasteiger partial charge >= 0.3 is 0 Å². The van der Waals surface area contributed by atoms with Crippen LogP contribution in [0.1, 0.15) is 6.92 Å². The monoisotopic (exact) mass is 278 g/mol. The predicted molar refractivity (Wildman–Crippen MR) is 66.7 cm³/mol. The normalized spacial score (nSPS) is 12.4. The van der Waals surface area contributed by atoms with Crippen LogP contribution in [0.25, 0.3) is 0 Å². The topological polar surface area (TPSA) is 72.2 Å². The molecule has 0 fully saturated rings. The zero-order valence-corrected chi connectivity index (χ0v) is 10.8. The first-order chi connectivity index (χ1) is 8.32. The second-order valence-electron chi connectivity index (χ2n) is 3.81. The van der Waals surface area contributed by atoms with Crippen LogP contribution in [-0.2, 0) is 9.84 Å². The lowest BCUT2D eigenvalue weighted by Gasteiger charge is -2.17. The minimum Gasteiger partial charge on any atom is -0.378 e. The molecule has 7 heteroatoms. The van der Waals surface area contributed by atoms with Crippen molar-refractivity contribution >= 4 is 15.5 Å². The molecule has 0 radical (unpaired) electrons. The number of benzene rings is 1. The molecule has 0 aliphatic heterocycles. The number of nitrogens with two attached hydrogens (primary N) is 1. The average molecular weight is 278 g/mol. The molecule has 0 aromatic heterocycles. The van der Waals surface area contributed by atoms with E-state index in [0.717, 1.165) is 0 Å². The lowest BCUT2D eigenvalue weighted by atomic mass is 10.3. The van der Waals surface area contributed by atoms with Crippen LogP contribution in [0.5, 0.6) is 0 Å². The Morgan fingerprint density at radius 1 is 1.33 bits per heavy atom. The van der Waals surface area contributed by atoms with E-state index in [9.17, 15) is 17.2 Å². The van der Waals surface area contributed by atoms with Gasteiger partial charge in [0, 0.05) is 0 Å². The predicted octanol–water partition coefficient (Wildman–Crippen LogP) is 1.49. The summed E-state index contributed by atoms with van der Waals surface area (Å²) < 4.78 is 49.6. The van der Waals surface area contributed by atoms with Gasteiger partial charge in [-0.2, -0.15) is 0 Å². The third kappa shape index (κ3) is 3.64. The maximum absolute atomic E-state index is 13.0. The summed E-state index contributed by atoms with van der Waals surface area (Å²) in [7, 11) is -3.44. The van der Waals surface area contributed by atoms with E-state index in [1.807, 2.05) is 0 Å². The molecule has 0 atom stereocenters. The van der Waals surface area contributed by atoms with E-state index in [0.29, 0.717) is 0 Å². The fourth-order valence-corrected chi connectivity index (χ4v) is 2.41. The van der Waals surface area contributed by atoms with Crippen LogP contribution in [0.2, 0.25) is 0 Å². The Hall–Kier alpha value is -1.21. The number of rotatable bonds is 6.